The summed E-state index contributed by atoms with van der Waals surface area (Å²) in [6.45, 7) is 5.35. The quantitative estimate of drug-likeness (QED) is 0.399. The van der Waals surface area contributed by atoms with Crippen LogP contribution in [0.2, 0.25) is 0 Å². The molecule has 1 aliphatic rings. The number of benzene rings is 1. The summed E-state index contributed by atoms with van der Waals surface area (Å²) in [5.74, 6) is -6.65. The first-order chi connectivity index (χ1) is 13.9. The van der Waals surface area contributed by atoms with Gasteiger partial charge < -0.3 is 0 Å². The van der Waals surface area contributed by atoms with Crippen molar-refractivity contribution in [1.29, 1.82) is 0 Å². The number of rotatable bonds is 6. The molecule has 1 aromatic heterocycles. The monoisotopic (exact) mass is 404 g/mol. The van der Waals surface area contributed by atoms with E-state index in [0.717, 1.165) is 12.0 Å². The molecule has 1 fully saturated rings. The third kappa shape index (κ3) is 4.57. The number of allylic oxidation sites excluding steroid dienone is 3. The number of halogens is 4. The van der Waals surface area contributed by atoms with Gasteiger partial charge in [-0.1, -0.05) is 24.3 Å². The molecule has 3 rings (SSSR count). The van der Waals surface area contributed by atoms with Gasteiger partial charge in [0, 0.05) is 24.7 Å². The van der Waals surface area contributed by atoms with E-state index in [1.807, 2.05) is 0 Å². The first kappa shape index (κ1) is 21.2. The molecule has 1 aliphatic carbocycles. The number of aromatic nitrogens is 2. The predicted octanol–water partition coefficient (Wildman–Crippen LogP) is 6.64. The average molecular weight is 404 g/mol. The Balaban J connectivity index is 1.84. The molecular formula is C23H24F4N2. The molecule has 6 heteroatoms. The number of nitrogens with zero attached hydrogens (tertiary/aromatic N) is 2. The van der Waals surface area contributed by atoms with Gasteiger partial charge in [0.1, 0.15) is 0 Å². The molecule has 154 valence electrons. The SMILES string of the molecule is C=CCCc1cnc(-c2ccc(C3CCC(/C=C/C)C(F)(F)C3)c(F)c2F)nc1. The Morgan fingerprint density at radius 1 is 1.14 bits per heavy atom. The first-order valence-electron chi connectivity index (χ1n) is 9.78. The summed E-state index contributed by atoms with van der Waals surface area (Å²) in [4.78, 5) is 8.24. The Bertz CT molecular complexity index is 890. The Kier molecular flexibility index (Phi) is 6.50. The average Bonchev–Trinajstić information content (AvgIpc) is 2.70. The van der Waals surface area contributed by atoms with Crippen LogP contribution in [0.1, 0.15) is 49.7 Å². The number of alkyl halides is 2. The van der Waals surface area contributed by atoms with E-state index >= 15 is 0 Å². The molecule has 0 aliphatic heterocycles. The van der Waals surface area contributed by atoms with Gasteiger partial charge in [-0.15, -0.1) is 6.58 Å². The summed E-state index contributed by atoms with van der Waals surface area (Å²) >= 11 is 0. The van der Waals surface area contributed by atoms with E-state index in [4.69, 9.17) is 0 Å². The fraction of sp³-hybridized carbons (Fsp3) is 0.391. The summed E-state index contributed by atoms with van der Waals surface area (Å²) < 4.78 is 58.3. The molecular weight excluding hydrogens is 380 g/mol. The topological polar surface area (TPSA) is 25.8 Å². The fourth-order valence-electron chi connectivity index (χ4n) is 3.85. The molecule has 2 nitrogen and oxygen atoms in total. The lowest BCUT2D eigenvalue weighted by atomic mass is 9.75. The molecule has 29 heavy (non-hydrogen) atoms. The fourth-order valence-corrected chi connectivity index (χ4v) is 3.85. The molecule has 0 spiro atoms. The third-order valence-electron chi connectivity index (χ3n) is 5.45. The van der Waals surface area contributed by atoms with Crippen LogP contribution in [0.15, 0.2) is 49.3 Å². The minimum atomic E-state index is -2.94. The van der Waals surface area contributed by atoms with Gasteiger partial charge in [0.25, 0.3) is 5.92 Å². The van der Waals surface area contributed by atoms with Crippen LogP contribution < -0.4 is 0 Å². The molecule has 1 heterocycles. The van der Waals surface area contributed by atoms with Crippen LogP contribution >= 0.6 is 0 Å². The molecule has 0 N–H and O–H groups in total. The molecule has 2 aromatic rings. The van der Waals surface area contributed by atoms with E-state index in [1.54, 1.807) is 31.5 Å². The second kappa shape index (κ2) is 8.89. The smallest absolute Gasteiger partial charge is 0.236 e. The largest absolute Gasteiger partial charge is 0.254 e. The molecule has 2 atom stereocenters. The molecule has 0 amide bonds. The number of hydrogen-bond acceptors (Lipinski definition) is 2. The molecule has 0 radical (unpaired) electrons. The van der Waals surface area contributed by atoms with Gasteiger partial charge in [-0.2, -0.15) is 0 Å². The molecule has 0 saturated heterocycles. The van der Waals surface area contributed by atoms with Crippen LogP contribution in [0.5, 0.6) is 0 Å². The maximum Gasteiger partial charge on any atom is 0.254 e. The van der Waals surface area contributed by atoms with Gasteiger partial charge >= 0.3 is 0 Å². The van der Waals surface area contributed by atoms with E-state index in [0.29, 0.717) is 12.8 Å². The van der Waals surface area contributed by atoms with Crippen LogP contribution in [-0.2, 0) is 6.42 Å². The second-order valence-electron chi connectivity index (χ2n) is 7.44. The van der Waals surface area contributed by atoms with E-state index in [-0.39, 0.29) is 23.4 Å². The van der Waals surface area contributed by atoms with Gasteiger partial charge in [0.15, 0.2) is 17.5 Å². The van der Waals surface area contributed by atoms with Gasteiger partial charge in [-0.05, 0) is 55.7 Å². The van der Waals surface area contributed by atoms with Crippen molar-refractivity contribution in [2.75, 3.05) is 0 Å². The Labute approximate surface area is 168 Å². The van der Waals surface area contributed by atoms with Gasteiger partial charge in [0.05, 0.1) is 5.56 Å². The van der Waals surface area contributed by atoms with Crippen molar-refractivity contribution in [3.63, 3.8) is 0 Å². The van der Waals surface area contributed by atoms with Gasteiger partial charge in [-0.25, -0.2) is 27.5 Å². The van der Waals surface area contributed by atoms with Crippen LogP contribution in [0.3, 0.4) is 0 Å². The van der Waals surface area contributed by atoms with Crippen molar-refractivity contribution in [3.05, 3.63) is 72.1 Å². The summed E-state index contributed by atoms with van der Waals surface area (Å²) in [7, 11) is 0. The zero-order chi connectivity index (χ0) is 21.0. The highest BCUT2D eigenvalue weighted by atomic mass is 19.3. The van der Waals surface area contributed by atoms with Crippen molar-refractivity contribution in [1.82, 2.24) is 9.97 Å². The lowest BCUT2D eigenvalue weighted by Gasteiger charge is -2.35. The maximum absolute atomic E-state index is 14.8. The number of hydrogen-bond donors (Lipinski definition) is 0. The standard InChI is InChI=1S/C23H24F4N2/c1-3-5-7-15-13-28-22(29-14-15)19-11-10-18(20(24)21(19)25)16-8-9-17(6-4-2)23(26,27)12-16/h3-4,6,10-11,13-14,16-17H,1,5,7-9,12H2,2H3/b6-4+. The van der Waals surface area contributed by atoms with Crippen LogP contribution in [0.25, 0.3) is 11.4 Å². The highest BCUT2D eigenvalue weighted by molar-refractivity contribution is 5.57. The zero-order valence-corrected chi connectivity index (χ0v) is 16.3. The number of aryl methyl sites for hydroxylation is 1. The van der Waals surface area contributed by atoms with Gasteiger partial charge in [-0.3, -0.25) is 0 Å². The molecule has 1 aromatic carbocycles. The van der Waals surface area contributed by atoms with Crippen molar-refractivity contribution >= 4 is 0 Å². The minimum Gasteiger partial charge on any atom is -0.236 e. The van der Waals surface area contributed by atoms with E-state index < -0.39 is 35.8 Å². The van der Waals surface area contributed by atoms with Gasteiger partial charge in [0.2, 0.25) is 0 Å². The summed E-state index contributed by atoms with van der Waals surface area (Å²) in [5.41, 5.74) is 0.787. The van der Waals surface area contributed by atoms with Crippen LogP contribution in [0, 0.1) is 17.6 Å². The van der Waals surface area contributed by atoms with Crippen molar-refractivity contribution in [3.8, 4) is 11.4 Å². The normalized spacial score (nSPS) is 21.4. The Hall–Kier alpha value is -2.50. The van der Waals surface area contributed by atoms with Crippen molar-refractivity contribution in [2.24, 2.45) is 5.92 Å². The summed E-state index contributed by atoms with van der Waals surface area (Å²) in [6.07, 6.45) is 9.62. The minimum absolute atomic E-state index is 0.00699. The first-order valence-corrected chi connectivity index (χ1v) is 9.78. The van der Waals surface area contributed by atoms with Crippen molar-refractivity contribution < 1.29 is 17.6 Å². The maximum atomic E-state index is 14.8. The summed E-state index contributed by atoms with van der Waals surface area (Å²) in [5, 5.41) is 0. The highest BCUT2D eigenvalue weighted by Gasteiger charge is 2.44. The third-order valence-corrected chi connectivity index (χ3v) is 5.45. The van der Waals surface area contributed by atoms with Crippen LogP contribution in [0.4, 0.5) is 17.6 Å². The summed E-state index contributed by atoms with van der Waals surface area (Å²) in [6, 6.07) is 2.77. The lowest BCUT2D eigenvalue weighted by Crippen LogP contribution is -2.34. The van der Waals surface area contributed by atoms with Crippen molar-refractivity contribution in [2.45, 2.75) is 50.9 Å². The molecule has 1 saturated carbocycles. The molecule has 2 unspecified atom stereocenters. The second-order valence-corrected chi connectivity index (χ2v) is 7.44. The Morgan fingerprint density at radius 3 is 2.48 bits per heavy atom. The Morgan fingerprint density at radius 2 is 1.86 bits per heavy atom. The molecule has 0 bridgehead atoms. The lowest BCUT2D eigenvalue weighted by molar-refractivity contribution is -0.0743. The van der Waals surface area contributed by atoms with E-state index in [1.165, 1.54) is 18.2 Å². The predicted molar refractivity (Wildman–Crippen MR) is 106 cm³/mol. The van der Waals surface area contributed by atoms with E-state index in [2.05, 4.69) is 16.5 Å². The zero-order valence-electron chi connectivity index (χ0n) is 16.3. The highest BCUT2D eigenvalue weighted by Crippen LogP contribution is 2.47. The van der Waals surface area contributed by atoms with Crippen LogP contribution in [-0.4, -0.2) is 15.9 Å². The van der Waals surface area contributed by atoms with E-state index in [9.17, 15) is 17.6 Å².